The maximum Gasteiger partial charge on any atom is 0.345 e. The predicted octanol–water partition coefficient (Wildman–Crippen LogP) is 1.37. The van der Waals surface area contributed by atoms with Crippen molar-refractivity contribution >= 4 is 11.9 Å². The lowest BCUT2D eigenvalue weighted by molar-refractivity contribution is -0.144. The zero-order valence-electron chi connectivity index (χ0n) is 12.1. The van der Waals surface area contributed by atoms with Crippen LogP contribution in [-0.2, 0) is 19.1 Å². The molecule has 0 aromatic carbocycles. The van der Waals surface area contributed by atoms with Crippen LogP contribution in [0.5, 0.6) is 0 Å². The third-order valence-corrected chi connectivity index (χ3v) is 2.36. The zero-order chi connectivity index (χ0) is 14.8. The van der Waals surface area contributed by atoms with E-state index in [0.29, 0.717) is 5.57 Å². The molecule has 0 heterocycles. The first kappa shape index (κ1) is 17.1. The van der Waals surface area contributed by atoms with Crippen LogP contribution in [0, 0.1) is 0 Å². The molecule has 0 fully saturated rings. The van der Waals surface area contributed by atoms with Crippen molar-refractivity contribution in [1.29, 1.82) is 0 Å². The molecule has 0 rings (SSSR count). The molecule has 0 aliphatic heterocycles. The van der Waals surface area contributed by atoms with Gasteiger partial charge in [0, 0.05) is 6.54 Å². The van der Waals surface area contributed by atoms with E-state index in [9.17, 15) is 9.59 Å². The van der Waals surface area contributed by atoms with Crippen LogP contribution in [0.3, 0.4) is 0 Å². The van der Waals surface area contributed by atoms with Gasteiger partial charge in [-0.25, -0.2) is 9.59 Å². The summed E-state index contributed by atoms with van der Waals surface area (Å²) in [6, 6.07) is 0. The van der Waals surface area contributed by atoms with Crippen molar-refractivity contribution in [2.24, 2.45) is 0 Å². The topological polar surface area (TPSA) is 64.6 Å². The largest absolute Gasteiger partial charge is 0.465 e. The number of carbonyl (C=O) groups excluding carboxylic acids is 2. The Morgan fingerprint density at radius 1 is 1.11 bits per heavy atom. The Morgan fingerprint density at radius 3 is 2.05 bits per heavy atom. The predicted molar refractivity (Wildman–Crippen MR) is 73.6 cm³/mol. The van der Waals surface area contributed by atoms with Crippen molar-refractivity contribution in [3.05, 3.63) is 34.9 Å². The summed E-state index contributed by atoms with van der Waals surface area (Å²) in [6.07, 6.45) is 5.34. The molecule has 1 N–H and O–H groups in total. The SMILES string of the molecule is CNC/C(C)=C/C=C/C(C)=C(C(=O)OC)C(=O)OC. The molecule has 0 aliphatic rings. The Labute approximate surface area is 114 Å². The lowest BCUT2D eigenvalue weighted by Crippen LogP contribution is -2.17. The summed E-state index contributed by atoms with van der Waals surface area (Å²) < 4.78 is 9.13. The number of carbonyl (C=O) groups is 2. The van der Waals surface area contributed by atoms with Gasteiger partial charge in [-0.1, -0.05) is 23.8 Å². The highest BCUT2D eigenvalue weighted by molar-refractivity contribution is 6.15. The number of methoxy groups -OCH3 is 2. The third kappa shape index (κ3) is 6.01. The van der Waals surface area contributed by atoms with E-state index >= 15 is 0 Å². The van der Waals surface area contributed by atoms with Crippen molar-refractivity contribution in [2.45, 2.75) is 13.8 Å². The molecule has 0 aromatic rings. The molecule has 0 spiro atoms. The van der Waals surface area contributed by atoms with Gasteiger partial charge in [-0.05, 0) is 26.5 Å². The smallest absolute Gasteiger partial charge is 0.345 e. The molecule has 0 radical (unpaired) electrons. The first-order valence-electron chi connectivity index (χ1n) is 5.83. The fourth-order valence-electron chi connectivity index (χ4n) is 1.39. The van der Waals surface area contributed by atoms with Crippen LogP contribution >= 0.6 is 0 Å². The first-order valence-corrected chi connectivity index (χ1v) is 5.83. The molecule has 0 atom stereocenters. The van der Waals surface area contributed by atoms with E-state index in [1.807, 2.05) is 20.0 Å². The van der Waals surface area contributed by atoms with Crippen molar-refractivity contribution in [1.82, 2.24) is 5.32 Å². The lowest BCUT2D eigenvalue weighted by atomic mass is 10.1. The minimum absolute atomic E-state index is 0.0964. The normalized spacial score (nSPS) is 11.3. The quantitative estimate of drug-likeness (QED) is 0.259. The van der Waals surface area contributed by atoms with Crippen molar-refractivity contribution in [2.75, 3.05) is 27.8 Å². The van der Waals surface area contributed by atoms with Crippen molar-refractivity contribution in [3.8, 4) is 0 Å². The fourth-order valence-corrected chi connectivity index (χ4v) is 1.39. The molecule has 5 heteroatoms. The summed E-state index contributed by atoms with van der Waals surface area (Å²) in [7, 11) is 4.30. The Balaban J connectivity index is 5.15. The summed E-state index contributed by atoms with van der Waals surface area (Å²) >= 11 is 0. The van der Waals surface area contributed by atoms with Crippen LogP contribution in [0.1, 0.15) is 13.8 Å². The van der Waals surface area contributed by atoms with E-state index in [1.54, 1.807) is 19.1 Å². The van der Waals surface area contributed by atoms with Crippen LogP contribution in [0.2, 0.25) is 0 Å². The van der Waals surface area contributed by atoms with Gasteiger partial charge in [-0.2, -0.15) is 0 Å². The maximum atomic E-state index is 11.5. The number of likely N-dealkylation sites (N-methyl/N-ethyl adjacent to an activating group) is 1. The molecule has 106 valence electrons. The second-order valence-electron chi connectivity index (χ2n) is 3.94. The number of allylic oxidation sites excluding steroid dienone is 4. The molecule has 0 bridgehead atoms. The molecule has 0 aromatic heterocycles. The number of hydrogen-bond acceptors (Lipinski definition) is 5. The number of ether oxygens (including phenoxy) is 2. The Kier molecular flexibility index (Phi) is 8.20. The number of hydrogen-bond donors (Lipinski definition) is 1. The van der Waals surface area contributed by atoms with Gasteiger partial charge in [0.15, 0.2) is 0 Å². The van der Waals surface area contributed by atoms with Crippen LogP contribution in [0.4, 0.5) is 0 Å². The highest BCUT2D eigenvalue weighted by Gasteiger charge is 2.21. The van der Waals surface area contributed by atoms with Gasteiger partial charge in [0.05, 0.1) is 14.2 Å². The van der Waals surface area contributed by atoms with Crippen LogP contribution in [0.15, 0.2) is 34.9 Å². The number of esters is 2. The Morgan fingerprint density at radius 2 is 1.63 bits per heavy atom. The van der Waals surface area contributed by atoms with E-state index in [2.05, 4.69) is 14.8 Å². The number of rotatable bonds is 6. The lowest BCUT2D eigenvalue weighted by Gasteiger charge is -2.05. The van der Waals surface area contributed by atoms with Crippen LogP contribution in [-0.4, -0.2) is 39.8 Å². The van der Waals surface area contributed by atoms with E-state index in [-0.39, 0.29) is 5.57 Å². The Bertz CT molecular complexity index is 401. The van der Waals surface area contributed by atoms with Gasteiger partial charge in [-0.3, -0.25) is 0 Å². The Hall–Kier alpha value is -1.88. The molecule has 19 heavy (non-hydrogen) atoms. The monoisotopic (exact) mass is 267 g/mol. The van der Waals surface area contributed by atoms with Crippen molar-refractivity contribution < 1.29 is 19.1 Å². The highest BCUT2D eigenvalue weighted by atomic mass is 16.5. The van der Waals surface area contributed by atoms with Gasteiger partial charge in [-0.15, -0.1) is 0 Å². The fraction of sp³-hybridized carbons (Fsp3) is 0.429. The van der Waals surface area contributed by atoms with Gasteiger partial charge in [0.1, 0.15) is 5.57 Å². The second kappa shape index (κ2) is 9.10. The summed E-state index contributed by atoms with van der Waals surface area (Å²) in [4.78, 5) is 23.0. The second-order valence-corrected chi connectivity index (χ2v) is 3.94. The minimum Gasteiger partial charge on any atom is -0.465 e. The molecular formula is C14H21NO4. The average Bonchev–Trinajstić information content (AvgIpc) is 2.38. The zero-order valence-corrected chi connectivity index (χ0v) is 12.1. The van der Waals surface area contributed by atoms with Crippen molar-refractivity contribution in [3.63, 3.8) is 0 Å². The van der Waals surface area contributed by atoms with E-state index in [0.717, 1.165) is 12.1 Å². The van der Waals surface area contributed by atoms with Gasteiger partial charge >= 0.3 is 11.9 Å². The number of nitrogens with one attached hydrogen (secondary N) is 1. The standard InChI is InChI=1S/C14H21NO4/c1-10(9-15-3)7-6-8-11(2)12(13(16)18-4)14(17)19-5/h6-8,15H,9H2,1-5H3/b8-6+,10-7+. The minimum atomic E-state index is -0.704. The summed E-state index contributed by atoms with van der Waals surface area (Å²) in [5, 5.41) is 3.02. The molecule has 5 nitrogen and oxygen atoms in total. The summed E-state index contributed by atoms with van der Waals surface area (Å²) in [5.74, 6) is -1.41. The van der Waals surface area contributed by atoms with Crippen LogP contribution in [0.25, 0.3) is 0 Å². The molecule has 0 aliphatic carbocycles. The first-order chi connectivity index (χ1) is 8.97. The van der Waals surface area contributed by atoms with E-state index in [1.165, 1.54) is 14.2 Å². The molecule has 0 amide bonds. The van der Waals surface area contributed by atoms with Gasteiger partial charge in [0.2, 0.25) is 0 Å². The highest BCUT2D eigenvalue weighted by Crippen LogP contribution is 2.10. The van der Waals surface area contributed by atoms with Gasteiger partial charge < -0.3 is 14.8 Å². The molecule has 0 saturated heterocycles. The van der Waals surface area contributed by atoms with Crippen LogP contribution < -0.4 is 5.32 Å². The molecule has 0 saturated carbocycles. The maximum absolute atomic E-state index is 11.5. The average molecular weight is 267 g/mol. The summed E-state index contributed by atoms with van der Waals surface area (Å²) in [6.45, 7) is 4.40. The van der Waals surface area contributed by atoms with E-state index < -0.39 is 11.9 Å². The third-order valence-electron chi connectivity index (χ3n) is 2.36. The molecular weight excluding hydrogens is 246 g/mol. The summed E-state index contributed by atoms with van der Waals surface area (Å²) in [5.41, 5.74) is 1.53. The molecule has 0 unspecified atom stereocenters. The van der Waals surface area contributed by atoms with E-state index in [4.69, 9.17) is 0 Å². The van der Waals surface area contributed by atoms with Gasteiger partial charge in [0.25, 0.3) is 0 Å².